The number of rotatable bonds is 7. The molecule has 1 atom stereocenters. The third-order valence-electron chi connectivity index (χ3n) is 4.92. The molecule has 2 heterocycles. The van der Waals surface area contributed by atoms with Crippen molar-refractivity contribution in [3.05, 3.63) is 22.8 Å². The minimum absolute atomic E-state index is 0.111. The number of hydrogen-bond donors (Lipinski definition) is 2. The monoisotopic (exact) mass is 413 g/mol. The van der Waals surface area contributed by atoms with E-state index < -0.39 is 12.5 Å². The number of anilines is 1. The van der Waals surface area contributed by atoms with E-state index >= 15 is 0 Å². The Kier molecular flexibility index (Phi) is 6.46. The Balaban J connectivity index is 2.04. The lowest BCUT2D eigenvalue weighted by molar-refractivity contribution is -0.121. The second-order valence-electron chi connectivity index (χ2n) is 6.62. The van der Waals surface area contributed by atoms with Gasteiger partial charge in [0.15, 0.2) is 5.15 Å². The molecule has 1 aliphatic heterocycles. The predicted octanol–water partition coefficient (Wildman–Crippen LogP) is 2.30. The summed E-state index contributed by atoms with van der Waals surface area (Å²) in [5.41, 5.74) is 0.662. The zero-order valence-electron chi connectivity index (χ0n) is 15.4. The molecule has 0 saturated carbocycles. The number of piperazine rings is 1. The number of carbonyl (C=O) groups is 2. The van der Waals surface area contributed by atoms with Gasteiger partial charge < -0.3 is 20.3 Å². The van der Waals surface area contributed by atoms with E-state index in [0.717, 1.165) is 0 Å². The number of nitrogens with one attached hydrogen (secondary N) is 2. The highest BCUT2D eigenvalue weighted by molar-refractivity contribution is 6.34. The van der Waals surface area contributed by atoms with Gasteiger partial charge in [0.1, 0.15) is 12.3 Å². The first-order chi connectivity index (χ1) is 13.5. The molecule has 1 fully saturated rings. The minimum Gasteiger partial charge on any atom is -0.369 e. The summed E-state index contributed by atoms with van der Waals surface area (Å²) in [4.78, 5) is 25.0. The van der Waals surface area contributed by atoms with Crippen LogP contribution in [0.3, 0.4) is 0 Å². The Bertz CT molecular complexity index is 867. The van der Waals surface area contributed by atoms with Crippen molar-refractivity contribution in [2.24, 2.45) is 0 Å². The SMILES string of the molecule is CNC(=O)CCC(C=O)n1nc(Cl)c2cc(N3CCNCC3)c(C(F)F)cc21. The Morgan fingerprint density at radius 3 is 2.71 bits per heavy atom. The maximum Gasteiger partial charge on any atom is 0.265 e. The Morgan fingerprint density at radius 1 is 1.39 bits per heavy atom. The van der Waals surface area contributed by atoms with Crippen LogP contribution >= 0.6 is 11.6 Å². The Morgan fingerprint density at radius 2 is 2.11 bits per heavy atom. The third-order valence-corrected chi connectivity index (χ3v) is 5.20. The van der Waals surface area contributed by atoms with E-state index in [9.17, 15) is 18.4 Å². The molecule has 3 rings (SSSR count). The first-order valence-corrected chi connectivity index (χ1v) is 9.45. The highest BCUT2D eigenvalue weighted by Crippen LogP contribution is 2.37. The lowest BCUT2D eigenvalue weighted by atomic mass is 10.1. The van der Waals surface area contributed by atoms with Gasteiger partial charge in [-0.05, 0) is 18.6 Å². The minimum atomic E-state index is -2.68. The van der Waals surface area contributed by atoms with Crippen LogP contribution in [0.15, 0.2) is 12.1 Å². The van der Waals surface area contributed by atoms with E-state index in [1.807, 2.05) is 4.90 Å². The first kappa shape index (κ1) is 20.5. The fourth-order valence-electron chi connectivity index (χ4n) is 3.41. The molecule has 0 spiro atoms. The van der Waals surface area contributed by atoms with Crippen molar-refractivity contribution in [3.63, 3.8) is 0 Å². The van der Waals surface area contributed by atoms with Crippen LogP contribution in [0.1, 0.15) is 30.9 Å². The normalized spacial score (nSPS) is 15.8. The number of alkyl halides is 2. The van der Waals surface area contributed by atoms with E-state index in [4.69, 9.17) is 11.6 Å². The Labute approximate surface area is 166 Å². The van der Waals surface area contributed by atoms with Crippen LogP contribution in [0.5, 0.6) is 0 Å². The molecule has 1 aromatic carbocycles. The summed E-state index contributed by atoms with van der Waals surface area (Å²) in [6.07, 6.45) is -1.73. The highest BCUT2D eigenvalue weighted by Gasteiger charge is 2.25. The number of fused-ring (bicyclic) bond motifs is 1. The molecule has 152 valence electrons. The van der Waals surface area contributed by atoms with Crippen LogP contribution in [0.2, 0.25) is 5.15 Å². The molecule has 1 saturated heterocycles. The second kappa shape index (κ2) is 8.83. The predicted molar refractivity (Wildman–Crippen MR) is 103 cm³/mol. The number of benzene rings is 1. The van der Waals surface area contributed by atoms with E-state index in [-0.39, 0.29) is 29.5 Å². The molecular formula is C18H22ClF2N5O2. The number of aldehydes is 1. The van der Waals surface area contributed by atoms with Crippen LogP contribution in [-0.2, 0) is 9.59 Å². The van der Waals surface area contributed by atoms with Gasteiger partial charge >= 0.3 is 0 Å². The van der Waals surface area contributed by atoms with Crippen LogP contribution in [0.4, 0.5) is 14.5 Å². The van der Waals surface area contributed by atoms with Crippen LogP contribution in [-0.4, -0.2) is 55.2 Å². The molecule has 1 amide bonds. The molecular weight excluding hydrogens is 392 g/mol. The summed E-state index contributed by atoms with van der Waals surface area (Å²) in [5, 5.41) is 10.5. The molecule has 2 N–H and O–H groups in total. The number of hydrogen-bond acceptors (Lipinski definition) is 5. The molecule has 1 aromatic heterocycles. The maximum atomic E-state index is 13.8. The largest absolute Gasteiger partial charge is 0.369 e. The van der Waals surface area contributed by atoms with Crippen molar-refractivity contribution in [1.82, 2.24) is 20.4 Å². The molecule has 28 heavy (non-hydrogen) atoms. The number of halogens is 3. The third kappa shape index (κ3) is 4.10. The van der Waals surface area contributed by atoms with Crippen molar-refractivity contribution in [2.75, 3.05) is 38.1 Å². The first-order valence-electron chi connectivity index (χ1n) is 9.07. The zero-order chi connectivity index (χ0) is 20.3. The molecule has 7 nitrogen and oxygen atoms in total. The second-order valence-corrected chi connectivity index (χ2v) is 6.97. The highest BCUT2D eigenvalue weighted by atomic mass is 35.5. The Hall–Kier alpha value is -2.26. The van der Waals surface area contributed by atoms with Crippen molar-refractivity contribution >= 4 is 40.4 Å². The summed E-state index contributed by atoms with van der Waals surface area (Å²) in [7, 11) is 1.50. The van der Waals surface area contributed by atoms with E-state index in [1.165, 1.54) is 17.8 Å². The zero-order valence-corrected chi connectivity index (χ0v) is 16.2. The summed E-state index contributed by atoms with van der Waals surface area (Å²) in [6.45, 7) is 2.64. The number of nitrogens with zero attached hydrogens (tertiary/aromatic N) is 3. The van der Waals surface area contributed by atoms with Crippen molar-refractivity contribution in [3.8, 4) is 0 Å². The molecule has 0 aliphatic carbocycles. The molecule has 10 heteroatoms. The summed E-state index contributed by atoms with van der Waals surface area (Å²) in [6, 6.07) is 2.20. The van der Waals surface area contributed by atoms with E-state index in [2.05, 4.69) is 15.7 Å². The van der Waals surface area contributed by atoms with Crippen LogP contribution in [0, 0.1) is 0 Å². The van der Waals surface area contributed by atoms with Crippen molar-refractivity contribution in [1.29, 1.82) is 0 Å². The summed E-state index contributed by atoms with van der Waals surface area (Å²) < 4.78 is 28.9. The quantitative estimate of drug-likeness (QED) is 0.681. The van der Waals surface area contributed by atoms with Gasteiger partial charge in [0, 0.05) is 56.3 Å². The average Bonchev–Trinajstić information content (AvgIpc) is 3.03. The van der Waals surface area contributed by atoms with Gasteiger partial charge in [0.25, 0.3) is 6.43 Å². The smallest absolute Gasteiger partial charge is 0.265 e. The van der Waals surface area contributed by atoms with Crippen LogP contribution in [0.25, 0.3) is 10.9 Å². The van der Waals surface area contributed by atoms with Gasteiger partial charge in [-0.3, -0.25) is 9.48 Å². The van der Waals surface area contributed by atoms with Gasteiger partial charge in [0.2, 0.25) is 5.91 Å². The lowest BCUT2D eigenvalue weighted by Crippen LogP contribution is -2.43. The lowest BCUT2D eigenvalue weighted by Gasteiger charge is -2.31. The topological polar surface area (TPSA) is 79.3 Å². The average molecular weight is 414 g/mol. The number of aromatic nitrogens is 2. The number of amides is 1. The van der Waals surface area contributed by atoms with Crippen molar-refractivity contribution < 1.29 is 18.4 Å². The molecule has 0 radical (unpaired) electrons. The fraction of sp³-hybridized carbons (Fsp3) is 0.500. The van der Waals surface area contributed by atoms with Gasteiger partial charge in [-0.15, -0.1) is 0 Å². The van der Waals surface area contributed by atoms with E-state index in [0.29, 0.717) is 49.1 Å². The molecule has 1 unspecified atom stereocenters. The number of carbonyl (C=O) groups excluding carboxylic acids is 2. The summed E-state index contributed by atoms with van der Waals surface area (Å²) in [5.74, 6) is -0.219. The van der Waals surface area contributed by atoms with Gasteiger partial charge in [-0.25, -0.2) is 8.78 Å². The maximum absolute atomic E-state index is 13.8. The summed E-state index contributed by atoms with van der Waals surface area (Å²) >= 11 is 6.27. The molecule has 0 bridgehead atoms. The van der Waals surface area contributed by atoms with Crippen LogP contribution < -0.4 is 15.5 Å². The van der Waals surface area contributed by atoms with Gasteiger partial charge in [0.05, 0.1) is 5.52 Å². The van der Waals surface area contributed by atoms with Gasteiger partial charge in [-0.1, -0.05) is 11.6 Å². The fourth-order valence-corrected chi connectivity index (χ4v) is 3.64. The van der Waals surface area contributed by atoms with E-state index in [1.54, 1.807) is 6.07 Å². The van der Waals surface area contributed by atoms with Gasteiger partial charge in [-0.2, -0.15) is 5.10 Å². The van der Waals surface area contributed by atoms with Crippen molar-refractivity contribution in [2.45, 2.75) is 25.3 Å². The molecule has 1 aliphatic rings. The standard InChI is InChI=1S/C18H22ClF2N5O2/c1-22-16(28)3-2-11(10-27)26-15-9-13(18(20)21)14(8-12(15)17(19)24-26)25-6-4-23-5-7-25/h8-11,18,23H,2-7H2,1H3,(H,22,28). The molecule has 2 aromatic rings.